The Hall–Kier alpha value is -1.27. The van der Waals surface area contributed by atoms with E-state index in [9.17, 15) is 0 Å². The molecule has 4 heteroatoms. The third-order valence-electron chi connectivity index (χ3n) is 1.75. The van der Waals surface area contributed by atoms with Crippen LogP contribution in [0.4, 0.5) is 5.82 Å². The summed E-state index contributed by atoms with van der Waals surface area (Å²) in [6.07, 6.45) is 7.54. The number of aryl methyl sites for hydroxylation is 1. The van der Waals surface area contributed by atoms with E-state index in [-0.39, 0.29) is 11.3 Å². The van der Waals surface area contributed by atoms with Gasteiger partial charge in [-0.25, -0.2) is 9.97 Å². The van der Waals surface area contributed by atoms with Crippen LogP contribution in [0, 0.1) is 19.3 Å². The molecule has 1 heterocycles. The number of nitrogens with zero attached hydrogens (tertiary/aromatic N) is 2. The number of hydrogen-bond donors (Lipinski definition) is 1. The Bertz CT molecular complexity index is 357. The van der Waals surface area contributed by atoms with Crippen molar-refractivity contribution in [2.24, 2.45) is 0 Å². The van der Waals surface area contributed by atoms with Crippen LogP contribution in [-0.4, -0.2) is 16.0 Å². The van der Waals surface area contributed by atoms with Crippen molar-refractivity contribution in [1.82, 2.24) is 9.97 Å². The maximum Gasteiger partial charge on any atom is 0.224 e. The van der Waals surface area contributed by atoms with Crippen LogP contribution in [0.3, 0.4) is 0 Å². The largest absolute Gasteiger partial charge is 0.366 e. The first-order valence-corrected chi connectivity index (χ1v) is 4.70. The van der Waals surface area contributed by atoms with Crippen molar-refractivity contribution in [3.63, 3.8) is 0 Å². The van der Waals surface area contributed by atoms with Crippen molar-refractivity contribution >= 4 is 17.4 Å². The van der Waals surface area contributed by atoms with Gasteiger partial charge in [0.1, 0.15) is 5.82 Å². The zero-order valence-corrected chi connectivity index (χ0v) is 8.97. The molecule has 0 radical (unpaired) electrons. The van der Waals surface area contributed by atoms with Crippen molar-refractivity contribution in [1.29, 1.82) is 0 Å². The molecule has 0 aliphatic carbocycles. The van der Waals surface area contributed by atoms with Crippen molar-refractivity contribution in [2.45, 2.75) is 26.3 Å². The molecular weight excluding hydrogens is 198 g/mol. The third kappa shape index (κ3) is 2.90. The summed E-state index contributed by atoms with van der Waals surface area (Å²) in [5.41, 5.74) is 0.957. The summed E-state index contributed by atoms with van der Waals surface area (Å²) in [4.78, 5) is 7.94. The number of nitrogens with one attached hydrogen (secondary N) is 1. The Morgan fingerprint density at radius 2 is 2.43 bits per heavy atom. The standard InChI is InChI=1S/C10H12ClN3/c1-4-5-8(3)13-9-7(2)6-12-10(11)14-9/h1,6,8H,5H2,2-3H3,(H,12,13,14). The van der Waals surface area contributed by atoms with Gasteiger partial charge in [-0.05, 0) is 25.4 Å². The molecule has 0 aliphatic heterocycles. The molecule has 0 aromatic carbocycles. The number of rotatable bonds is 3. The summed E-state index contributed by atoms with van der Waals surface area (Å²) in [5.74, 6) is 3.33. The minimum atomic E-state index is 0.185. The summed E-state index contributed by atoms with van der Waals surface area (Å²) >= 11 is 5.67. The fourth-order valence-corrected chi connectivity index (χ4v) is 1.16. The number of hydrogen-bond acceptors (Lipinski definition) is 3. The van der Waals surface area contributed by atoms with E-state index in [4.69, 9.17) is 18.0 Å². The molecule has 0 bridgehead atoms. The third-order valence-corrected chi connectivity index (χ3v) is 1.93. The molecule has 14 heavy (non-hydrogen) atoms. The van der Waals surface area contributed by atoms with E-state index in [2.05, 4.69) is 21.2 Å². The first-order chi connectivity index (χ1) is 6.63. The highest BCUT2D eigenvalue weighted by atomic mass is 35.5. The number of halogens is 1. The van der Waals surface area contributed by atoms with Gasteiger partial charge in [-0.1, -0.05) is 0 Å². The van der Waals surface area contributed by atoms with Crippen LogP contribution in [0.5, 0.6) is 0 Å². The van der Waals surface area contributed by atoms with Gasteiger partial charge < -0.3 is 5.32 Å². The van der Waals surface area contributed by atoms with Crippen LogP contribution in [0.2, 0.25) is 5.28 Å². The minimum absolute atomic E-state index is 0.185. The smallest absolute Gasteiger partial charge is 0.224 e. The summed E-state index contributed by atoms with van der Waals surface area (Å²) in [6.45, 7) is 3.91. The number of anilines is 1. The molecule has 1 atom stereocenters. The first kappa shape index (κ1) is 10.8. The highest BCUT2D eigenvalue weighted by molar-refractivity contribution is 6.28. The molecule has 0 amide bonds. The Balaban J connectivity index is 2.76. The van der Waals surface area contributed by atoms with E-state index in [1.54, 1.807) is 6.20 Å². The van der Waals surface area contributed by atoms with E-state index in [1.165, 1.54) is 0 Å². The zero-order chi connectivity index (χ0) is 10.6. The van der Waals surface area contributed by atoms with Crippen molar-refractivity contribution < 1.29 is 0 Å². The van der Waals surface area contributed by atoms with Crippen molar-refractivity contribution in [3.05, 3.63) is 17.0 Å². The molecular formula is C10H12ClN3. The van der Waals surface area contributed by atoms with Crippen molar-refractivity contribution in [2.75, 3.05) is 5.32 Å². The van der Waals surface area contributed by atoms with Crippen LogP contribution in [0.25, 0.3) is 0 Å². The molecule has 0 saturated carbocycles. The lowest BCUT2D eigenvalue weighted by molar-refractivity contribution is 0.817. The molecule has 1 rings (SSSR count). The average Bonchev–Trinajstić information content (AvgIpc) is 2.12. The van der Waals surface area contributed by atoms with Gasteiger partial charge >= 0.3 is 0 Å². The maximum absolute atomic E-state index is 5.67. The fourth-order valence-electron chi connectivity index (χ4n) is 1.03. The highest BCUT2D eigenvalue weighted by Crippen LogP contribution is 2.14. The van der Waals surface area contributed by atoms with Crippen LogP contribution >= 0.6 is 11.6 Å². The fraction of sp³-hybridized carbons (Fsp3) is 0.400. The van der Waals surface area contributed by atoms with Gasteiger partial charge in [-0.15, -0.1) is 12.3 Å². The van der Waals surface area contributed by atoms with Gasteiger partial charge in [-0.3, -0.25) is 0 Å². The molecule has 1 N–H and O–H groups in total. The lowest BCUT2D eigenvalue weighted by atomic mass is 10.2. The van der Waals surface area contributed by atoms with Gasteiger partial charge in [0.2, 0.25) is 5.28 Å². The van der Waals surface area contributed by atoms with Crippen LogP contribution < -0.4 is 5.32 Å². The monoisotopic (exact) mass is 209 g/mol. The predicted molar refractivity (Wildman–Crippen MR) is 58.3 cm³/mol. The Kier molecular flexibility index (Phi) is 3.73. The highest BCUT2D eigenvalue weighted by Gasteiger charge is 2.05. The van der Waals surface area contributed by atoms with Crippen LogP contribution in [0.15, 0.2) is 6.20 Å². The van der Waals surface area contributed by atoms with Crippen molar-refractivity contribution in [3.8, 4) is 12.3 Å². The topological polar surface area (TPSA) is 37.8 Å². The molecule has 0 spiro atoms. The number of aromatic nitrogens is 2. The second-order valence-electron chi connectivity index (χ2n) is 3.12. The molecule has 0 saturated heterocycles. The minimum Gasteiger partial charge on any atom is -0.366 e. The van der Waals surface area contributed by atoms with Crippen LogP contribution in [-0.2, 0) is 0 Å². The Labute approximate surface area is 88.9 Å². The summed E-state index contributed by atoms with van der Waals surface area (Å²) in [5, 5.41) is 3.42. The molecule has 3 nitrogen and oxygen atoms in total. The second kappa shape index (κ2) is 4.83. The first-order valence-electron chi connectivity index (χ1n) is 4.32. The average molecular weight is 210 g/mol. The Morgan fingerprint density at radius 1 is 1.71 bits per heavy atom. The quantitative estimate of drug-likeness (QED) is 0.613. The molecule has 74 valence electrons. The lowest BCUT2D eigenvalue weighted by Crippen LogP contribution is -2.16. The maximum atomic E-state index is 5.67. The molecule has 1 unspecified atom stereocenters. The second-order valence-corrected chi connectivity index (χ2v) is 3.46. The van der Waals surface area contributed by atoms with E-state index in [1.807, 2.05) is 13.8 Å². The molecule has 1 aromatic rings. The Morgan fingerprint density at radius 3 is 3.07 bits per heavy atom. The predicted octanol–water partition coefficient (Wildman–Crippen LogP) is 2.26. The molecule has 0 fully saturated rings. The summed E-state index contributed by atoms with van der Waals surface area (Å²) in [6, 6.07) is 0.185. The van der Waals surface area contributed by atoms with E-state index >= 15 is 0 Å². The van der Waals surface area contributed by atoms with Gasteiger partial charge in [0.25, 0.3) is 0 Å². The lowest BCUT2D eigenvalue weighted by Gasteiger charge is -2.13. The van der Waals surface area contributed by atoms with E-state index in [0.29, 0.717) is 6.42 Å². The van der Waals surface area contributed by atoms with Gasteiger partial charge in [0, 0.05) is 24.2 Å². The normalized spacial score (nSPS) is 11.9. The molecule has 0 aliphatic rings. The van der Waals surface area contributed by atoms with E-state index < -0.39 is 0 Å². The number of terminal acetylenes is 1. The summed E-state index contributed by atoms with van der Waals surface area (Å²) in [7, 11) is 0. The SMILES string of the molecule is C#CCC(C)Nc1nc(Cl)ncc1C. The van der Waals surface area contributed by atoms with Gasteiger partial charge in [-0.2, -0.15) is 0 Å². The molecule has 1 aromatic heterocycles. The van der Waals surface area contributed by atoms with Crippen LogP contribution in [0.1, 0.15) is 18.9 Å². The van der Waals surface area contributed by atoms with E-state index in [0.717, 1.165) is 11.4 Å². The van der Waals surface area contributed by atoms with Gasteiger partial charge in [0.05, 0.1) is 0 Å². The summed E-state index contributed by atoms with van der Waals surface area (Å²) < 4.78 is 0. The zero-order valence-electron chi connectivity index (χ0n) is 8.21. The van der Waals surface area contributed by atoms with Gasteiger partial charge in [0.15, 0.2) is 0 Å².